The summed E-state index contributed by atoms with van der Waals surface area (Å²) in [6.45, 7) is 1.91. The zero-order valence-electron chi connectivity index (χ0n) is 12.7. The van der Waals surface area contributed by atoms with Crippen LogP contribution in [0.1, 0.15) is 37.2 Å². The largest absolute Gasteiger partial charge is 0.333 e. The van der Waals surface area contributed by atoms with E-state index in [4.69, 9.17) is 10.3 Å². The van der Waals surface area contributed by atoms with E-state index < -0.39 is 5.54 Å². The molecule has 0 radical (unpaired) electrons. The molecular weight excluding hydrogens is 312 g/mol. The highest BCUT2D eigenvalue weighted by Gasteiger charge is 2.36. The van der Waals surface area contributed by atoms with E-state index in [-0.39, 0.29) is 0 Å². The molecule has 1 aliphatic carbocycles. The van der Waals surface area contributed by atoms with Crippen LogP contribution in [0.2, 0.25) is 0 Å². The Morgan fingerprint density at radius 3 is 2.65 bits per heavy atom. The number of thiazole rings is 1. The minimum absolute atomic E-state index is 0.453. The lowest BCUT2D eigenvalue weighted by atomic mass is 9.99. The van der Waals surface area contributed by atoms with Gasteiger partial charge in [0.15, 0.2) is 16.7 Å². The predicted molar refractivity (Wildman–Crippen MR) is 85.5 cm³/mol. The molecule has 0 aliphatic heterocycles. The second-order valence-electron chi connectivity index (χ2n) is 5.79. The molecule has 0 saturated heterocycles. The van der Waals surface area contributed by atoms with Crippen molar-refractivity contribution in [1.29, 1.82) is 0 Å². The zero-order valence-corrected chi connectivity index (χ0v) is 13.5. The van der Waals surface area contributed by atoms with Crippen molar-refractivity contribution in [3.63, 3.8) is 0 Å². The molecule has 7 nitrogen and oxygen atoms in total. The third-order valence-corrected chi connectivity index (χ3v) is 5.26. The van der Waals surface area contributed by atoms with E-state index in [0.29, 0.717) is 17.5 Å². The van der Waals surface area contributed by atoms with E-state index >= 15 is 0 Å². The summed E-state index contributed by atoms with van der Waals surface area (Å²) < 4.78 is 5.45. The molecule has 23 heavy (non-hydrogen) atoms. The van der Waals surface area contributed by atoms with Crippen LogP contribution in [0.25, 0.3) is 21.6 Å². The van der Waals surface area contributed by atoms with Gasteiger partial charge in [-0.1, -0.05) is 18.0 Å². The topological polar surface area (TPSA) is 104 Å². The van der Waals surface area contributed by atoms with Gasteiger partial charge < -0.3 is 10.3 Å². The molecule has 8 heteroatoms. The van der Waals surface area contributed by atoms with Crippen LogP contribution in [0.3, 0.4) is 0 Å². The summed E-state index contributed by atoms with van der Waals surface area (Å²) in [5.41, 5.74) is 6.76. The van der Waals surface area contributed by atoms with Gasteiger partial charge in [-0.25, -0.2) is 15.0 Å². The zero-order chi connectivity index (χ0) is 15.9. The SMILES string of the molecule is Cc1nc(-c2ncccn2)sc1-c1nc(C2(N)CCCC2)no1. The fourth-order valence-corrected chi connectivity index (χ4v) is 3.78. The molecule has 1 saturated carbocycles. The van der Waals surface area contributed by atoms with Gasteiger partial charge in [0.25, 0.3) is 5.89 Å². The van der Waals surface area contributed by atoms with Crippen molar-refractivity contribution in [3.05, 3.63) is 30.0 Å². The van der Waals surface area contributed by atoms with Crippen molar-refractivity contribution in [3.8, 4) is 21.6 Å². The molecule has 0 atom stereocenters. The predicted octanol–water partition coefficient (Wildman–Crippen LogP) is 2.69. The fraction of sp³-hybridized carbons (Fsp3) is 0.400. The second-order valence-corrected chi connectivity index (χ2v) is 6.79. The molecule has 3 aromatic rings. The first-order valence-electron chi connectivity index (χ1n) is 7.54. The number of aromatic nitrogens is 5. The van der Waals surface area contributed by atoms with Gasteiger partial charge in [-0.05, 0) is 25.8 Å². The quantitative estimate of drug-likeness (QED) is 0.788. The van der Waals surface area contributed by atoms with Crippen molar-refractivity contribution in [2.45, 2.75) is 38.1 Å². The standard InChI is InChI=1S/C15H16N6OS/c1-9-10(23-13(19-9)11-17-7-4-8-18-11)12-20-14(21-22-12)15(16)5-2-3-6-15/h4,7-8H,2-3,5-6,16H2,1H3. The van der Waals surface area contributed by atoms with Gasteiger partial charge >= 0.3 is 0 Å². The highest BCUT2D eigenvalue weighted by atomic mass is 32.1. The summed E-state index contributed by atoms with van der Waals surface area (Å²) in [7, 11) is 0. The summed E-state index contributed by atoms with van der Waals surface area (Å²) in [6, 6.07) is 1.78. The first-order valence-corrected chi connectivity index (χ1v) is 8.36. The van der Waals surface area contributed by atoms with Crippen LogP contribution >= 0.6 is 11.3 Å². The van der Waals surface area contributed by atoms with Gasteiger partial charge in [0, 0.05) is 12.4 Å². The van der Waals surface area contributed by atoms with Crippen LogP contribution in [0.4, 0.5) is 0 Å². The number of hydrogen-bond acceptors (Lipinski definition) is 8. The lowest BCUT2D eigenvalue weighted by molar-refractivity contribution is 0.373. The Morgan fingerprint density at radius 2 is 1.91 bits per heavy atom. The van der Waals surface area contributed by atoms with Gasteiger partial charge in [0.1, 0.15) is 4.88 Å². The molecule has 0 spiro atoms. The molecule has 0 aromatic carbocycles. The number of nitrogens with zero attached hydrogens (tertiary/aromatic N) is 5. The molecule has 3 heterocycles. The molecule has 0 unspecified atom stereocenters. The fourth-order valence-electron chi connectivity index (χ4n) is 2.85. The average Bonchev–Trinajstić information content (AvgIpc) is 3.28. The van der Waals surface area contributed by atoms with Crippen LogP contribution in [-0.4, -0.2) is 25.1 Å². The Balaban J connectivity index is 1.69. The monoisotopic (exact) mass is 328 g/mol. The smallest absolute Gasteiger partial charge is 0.270 e. The molecule has 2 N–H and O–H groups in total. The van der Waals surface area contributed by atoms with E-state index in [0.717, 1.165) is 41.3 Å². The molecule has 1 aliphatic rings. The second kappa shape index (κ2) is 5.47. The summed E-state index contributed by atoms with van der Waals surface area (Å²) >= 11 is 1.45. The van der Waals surface area contributed by atoms with Gasteiger partial charge in [-0.2, -0.15) is 4.98 Å². The maximum absolute atomic E-state index is 6.39. The molecule has 118 valence electrons. The van der Waals surface area contributed by atoms with E-state index in [2.05, 4.69) is 25.1 Å². The van der Waals surface area contributed by atoms with Crippen molar-refractivity contribution in [2.24, 2.45) is 5.73 Å². The van der Waals surface area contributed by atoms with Gasteiger partial charge in [-0.15, -0.1) is 11.3 Å². The van der Waals surface area contributed by atoms with Crippen molar-refractivity contribution < 1.29 is 4.52 Å². The third kappa shape index (κ3) is 2.53. The van der Waals surface area contributed by atoms with E-state index in [1.165, 1.54) is 11.3 Å². The summed E-state index contributed by atoms with van der Waals surface area (Å²) in [5, 5.41) is 4.84. The minimum Gasteiger partial charge on any atom is -0.333 e. The van der Waals surface area contributed by atoms with Gasteiger partial charge in [0.2, 0.25) is 0 Å². The summed E-state index contributed by atoms with van der Waals surface area (Å²) in [6.07, 6.45) is 7.40. The number of nitrogens with two attached hydrogens (primary N) is 1. The molecule has 0 bridgehead atoms. The average molecular weight is 328 g/mol. The Kier molecular flexibility index (Phi) is 3.42. The number of rotatable bonds is 3. The lowest BCUT2D eigenvalue weighted by Crippen LogP contribution is -2.34. The van der Waals surface area contributed by atoms with Crippen LogP contribution in [0.5, 0.6) is 0 Å². The Hall–Kier alpha value is -2.19. The number of aryl methyl sites for hydroxylation is 1. The highest BCUT2D eigenvalue weighted by molar-refractivity contribution is 7.18. The normalized spacial score (nSPS) is 16.8. The maximum Gasteiger partial charge on any atom is 0.270 e. The van der Waals surface area contributed by atoms with E-state index in [1.807, 2.05) is 6.92 Å². The van der Waals surface area contributed by atoms with Crippen LogP contribution in [-0.2, 0) is 5.54 Å². The Bertz CT molecular complexity index is 822. The lowest BCUT2D eigenvalue weighted by Gasteiger charge is -2.17. The molecule has 3 aromatic heterocycles. The summed E-state index contributed by atoms with van der Waals surface area (Å²) in [5.74, 6) is 1.65. The first kappa shape index (κ1) is 14.4. The number of hydrogen-bond donors (Lipinski definition) is 1. The maximum atomic E-state index is 6.39. The molecule has 1 fully saturated rings. The summed E-state index contributed by atoms with van der Waals surface area (Å²) in [4.78, 5) is 18.3. The third-order valence-electron chi connectivity index (χ3n) is 4.12. The molecule has 4 rings (SSSR count). The van der Waals surface area contributed by atoms with Crippen LogP contribution in [0, 0.1) is 6.92 Å². The highest BCUT2D eigenvalue weighted by Crippen LogP contribution is 2.37. The van der Waals surface area contributed by atoms with Crippen LogP contribution < -0.4 is 5.73 Å². The Morgan fingerprint density at radius 1 is 1.17 bits per heavy atom. The van der Waals surface area contributed by atoms with E-state index in [1.54, 1.807) is 18.5 Å². The first-order chi connectivity index (χ1) is 11.2. The molecule has 0 amide bonds. The van der Waals surface area contributed by atoms with Crippen molar-refractivity contribution in [1.82, 2.24) is 25.1 Å². The van der Waals surface area contributed by atoms with Crippen molar-refractivity contribution in [2.75, 3.05) is 0 Å². The Labute approximate surface area is 137 Å². The van der Waals surface area contributed by atoms with Gasteiger partial charge in [-0.3, -0.25) is 0 Å². The van der Waals surface area contributed by atoms with E-state index in [9.17, 15) is 0 Å². The van der Waals surface area contributed by atoms with Crippen molar-refractivity contribution >= 4 is 11.3 Å². The van der Waals surface area contributed by atoms with Gasteiger partial charge in [0.05, 0.1) is 11.2 Å². The molecular formula is C15H16N6OS. The minimum atomic E-state index is -0.453. The van der Waals surface area contributed by atoms with Crippen LogP contribution in [0.15, 0.2) is 23.0 Å².